The average molecular weight is 697 g/mol. The van der Waals surface area contributed by atoms with Gasteiger partial charge >= 0.3 is 0 Å². The second-order valence-electron chi connectivity index (χ2n) is 11.0. The highest BCUT2D eigenvalue weighted by Gasteiger charge is 2.36. The van der Waals surface area contributed by atoms with Gasteiger partial charge in [-0.25, -0.2) is 8.42 Å². The van der Waals surface area contributed by atoms with E-state index in [1.807, 2.05) is 44.2 Å². The monoisotopic (exact) mass is 695 g/mol. The van der Waals surface area contributed by atoms with Gasteiger partial charge in [0.05, 0.1) is 17.2 Å². The number of nitrogens with zero attached hydrogens (tertiary/aromatic N) is 2. The maximum absolute atomic E-state index is 14.7. The average Bonchev–Trinajstić information content (AvgIpc) is 3.07. The Morgan fingerprint density at radius 3 is 2.04 bits per heavy atom. The van der Waals surface area contributed by atoms with Crippen LogP contribution in [-0.4, -0.2) is 50.4 Å². The molecule has 0 saturated heterocycles. The van der Waals surface area contributed by atoms with Gasteiger partial charge in [0.2, 0.25) is 11.8 Å². The summed E-state index contributed by atoms with van der Waals surface area (Å²) in [6.45, 7) is 5.12. The predicted octanol–water partition coefficient (Wildman–Crippen LogP) is 7.14. The lowest BCUT2D eigenvalue weighted by Gasteiger charge is -2.35. The van der Waals surface area contributed by atoms with Gasteiger partial charge in [-0.3, -0.25) is 13.9 Å². The summed E-state index contributed by atoms with van der Waals surface area (Å²) in [4.78, 5) is 30.1. The molecule has 1 N–H and O–H groups in total. The van der Waals surface area contributed by atoms with Crippen LogP contribution in [0.4, 0.5) is 5.69 Å². The highest BCUT2D eigenvalue weighted by atomic mass is 35.5. The van der Waals surface area contributed by atoms with E-state index in [0.717, 1.165) is 9.87 Å². The van der Waals surface area contributed by atoms with Crippen LogP contribution in [0.1, 0.15) is 38.3 Å². The second-order valence-corrected chi connectivity index (χ2v) is 13.6. The van der Waals surface area contributed by atoms with E-state index in [2.05, 4.69) is 5.32 Å². The number of benzene rings is 4. The lowest BCUT2D eigenvalue weighted by atomic mass is 10.0. The number of ether oxygens (including phenoxy) is 1. The number of hydrogen-bond donors (Lipinski definition) is 1. The summed E-state index contributed by atoms with van der Waals surface area (Å²) in [5, 5.41) is 3.64. The van der Waals surface area contributed by atoms with E-state index in [1.165, 1.54) is 17.0 Å². The Labute approximate surface area is 287 Å². The first-order chi connectivity index (χ1) is 22.6. The van der Waals surface area contributed by atoms with Crippen LogP contribution in [0.15, 0.2) is 108 Å². The summed E-state index contributed by atoms with van der Waals surface area (Å²) >= 11 is 13.2. The first-order valence-corrected chi connectivity index (χ1v) is 17.6. The lowest BCUT2D eigenvalue weighted by Crippen LogP contribution is -2.54. The molecule has 0 fully saturated rings. The molecule has 0 unspecified atom stereocenters. The first kappa shape index (κ1) is 35.8. The van der Waals surface area contributed by atoms with Crippen LogP contribution in [0, 0.1) is 0 Å². The zero-order valence-electron chi connectivity index (χ0n) is 26.6. The number of rotatable bonds is 15. The zero-order valence-corrected chi connectivity index (χ0v) is 28.9. The molecular formula is C36H39Cl2N3O5S. The van der Waals surface area contributed by atoms with Crippen molar-refractivity contribution >= 4 is 50.7 Å². The van der Waals surface area contributed by atoms with Crippen molar-refractivity contribution < 1.29 is 22.7 Å². The number of anilines is 1. The van der Waals surface area contributed by atoms with Crippen molar-refractivity contribution in [2.24, 2.45) is 0 Å². The molecule has 0 bridgehead atoms. The molecule has 248 valence electrons. The molecule has 0 heterocycles. The van der Waals surface area contributed by atoms with E-state index in [1.54, 1.807) is 67.6 Å². The minimum atomic E-state index is -4.29. The fourth-order valence-corrected chi connectivity index (χ4v) is 6.99. The van der Waals surface area contributed by atoms with E-state index in [4.69, 9.17) is 27.9 Å². The smallest absolute Gasteiger partial charge is 0.264 e. The van der Waals surface area contributed by atoms with Gasteiger partial charge in [-0.1, -0.05) is 96.9 Å². The summed E-state index contributed by atoms with van der Waals surface area (Å²) < 4.78 is 35.4. The number of para-hydroxylation sites is 2. The molecule has 4 aromatic rings. The van der Waals surface area contributed by atoms with Crippen molar-refractivity contribution in [3.05, 3.63) is 124 Å². The Balaban J connectivity index is 1.87. The summed E-state index contributed by atoms with van der Waals surface area (Å²) in [6.07, 6.45) is 0.837. The van der Waals surface area contributed by atoms with Gasteiger partial charge in [0.1, 0.15) is 18.3 Å². The van der Waals surface area contributed by atoms with Crippen LogP contribution in [0.5, 0.6) is 5.75 Å². The molecule has 47 heavy (non-hydrogen) atoms. The Morgan fingerprint density at radius 1 is 0.830 bits per heavy atom. The Hall–Kier alpha value is -4.05. The fraction of sp³-hybridized carbons (Fsp3) is 0.278. The van der Waals surface area contributed by atoms with Crippen LogP contribution in [0.2, 0.25) is 10.0 Å². The minimum absolute atomic E-state index is 0.00449. The van der Waals surface area contributed by atoms with E-state index in [9.17, 15) is 18.0 Å². The Morgan fingerprint density at radius 2 is 1.43 bits per heavy atom. The number of hydrogen-bond acceptors (Lipinski definition) is 5. The van der Waals surface area contributed by atoms with Gasteiger partial charge in [0.15, 0.2) is 0 Å². The van der Waals surface area contributed by atoms with Gasteiger partial charge in [-0.05, 0) is 62.2 Å². The molecule has 0 aliphatic heterocycles. The zero-order chi connectivity index (χ0) is 34.0. The minimum Gasteiger partial charge on any atom is -0.492 e. The van der Waals surface area contributed by atoms with Crippen molar-refractivity contribution in [1.29, 1.82) is 0 Å². The number of carbonyl (C=O) groups is 2. The maximum Gasteiger partial charge on any atom is 0.264 e. The van der Waals surface area contributed by atoms with E-state index in [-0.39, 0.29) is 42.1 Å². The van der Waals surface area contributed by atoms with Crippen LogP contribution in [0.3, 0.4) is 0 Å². The topological polar surface area (TPSA) is 96.0 Å². The molecule has 8 nitrogen and oxygen atoms in total. The van der Waals surface area contributed by atoms with Gasteiger partial charge in [0, 0.05) is 34.6 Å². The largest absolute Gasteiger partial charge is 0.492 e. The summed E-state index contributed by atoms with van der Waals surface area (Å²) in [5.74, 6) is -0.725. The van der Waals surface area contributed by atoms with Crippen LogP contribution in [-0.2, 0) is 32.6 Å². The first-order valence-electron chi connectivity index (χ1n) is 15.4. The molecule has 4 aromatic carbocycles. The van der Waals surface area contributed by atoms with Crippen LogP contribution >= 0.6 is 23.2 Å². The number of carbonyl (C=O) groups excluding carboxylic acids is 2. The SMILES string of the molecule is CCOc1ccccc1N(CC(=O)N(Cc1c(Cl)cccc1Cl)[C@H](Cc1ccccc1)C(=O)N[C@@H](C)CC)S(=O)(=O)c1ccccc1. The third-order valence-corrected chi connectivity index (χ3v) is 10.2. The third-order valence-electron chi connectivity index (χ3n) is 7.71. The normalized spacial score (nSPS) is 12.5. The molecule has 2 amide bonds. The molecule has 0 radical (unpaired) electrons. The quantitative estimate of drug-likeness (QED) is 0.143. The van der Waals surface area contributed by atoms with Gasteiger partial charge in [-0.2, -0.15) is 0 Å². The van der Waals surface area contributed by atoms with E-state index in [0.29, 0.717) is 27.8 Å². The number of nitrogens with one attached hydrogen (secondary N) is 1. The summed E-state index contributed by atoms with van der Waals surface area (Å²) in [5.41, 5.74) is 1.44. The van der Waals surface area contributed by atoms with Crippen molar-refractivity contribution in [2.45, 2.75) is 57.1 Å². The van der Waals surface area contributed by atoms with Gasteiger partial charge < -0.3 is 15.0 Å². The standard InChI is InChI=1S/C36H39Cl2N3O5S/c1-4-26(3)39-36(43)33(23-27-15-8-6-9-16-27)40(24-29-30(37)19-14-20-31(29)38)35(42)25-41(32-21-12-13-22-34(32)46-5-2)47(44,45)28-17-10-7-11-18-28/h6-22,26,33H,4-5,23-25H2,1-3H3,(H,39,43)/t26-,33+/m0/s1. The second kappa shape index (κ2) is 16.7. The molecule has 11 heteroatoms. The van der Waals surface area contributed by atoms with Crippen molar-refractivity contribution in [3.8, 4) is 5.75 Å². The van der Waals surface area contributed by atoms with Crippen LogP contribution < -0.4 is 14.4 Å². The third kappa shape index (κ3) is 9.06. The van der Waals surface area contributed by atoms with Crippen molar-refractivity contribution in [3.63, 3.8) is 0 Å². The lowest BCUT2D eigenvalue weighted by molar-refractivity contribution is -0.140. The molecule has 0 spiro atoms. The number of sulfonamides is 1. The molecule has 0 aliphatic carbocycles. The molecule has 0 saturated carbocycles. The van der Waals surface area contributed by atoms with Crippen LogP contribution in [0.25, 0.3) is 0 Å². The summed E-state index contributed by atoms with van der Waals surface area (Å²) in [6, 6.07) is 27.6. The fourth-order valence-electron chi connectivity index (χ4n) is 5.02. The molecule has 2 atom stereocenters. The Bertz CT molecular complexity index is 1740. The van der Waals surface area contributed by atoms with E-state index < -0.39 is 28.5 Å². The van der Waals surface area contributed by atoms with Gasteiger partial charge in [0.25, 0.3) is 10.0 Å². The van der Waals surface area contributed by atoms with Crippen molar-refractivity contribution in [1.82, 2.24) is 10.2 Å². The van der Waals surface area contributed by atoms with E-state index >= 15 is 0 Å². The molecule has 0 aromatic heterocycles. The maximum atomic E-state index is 14.7. The predicted molar refractivity (Wildman–Crippen MR) is 187 cm³/mol. The number of halogens is 2. The molecule has 0 aliphatic rings. The molecule has 4 rings (SSSR count). The summed E-state index contributed by atoms with van der Waals surface area (Å²) in [7, 11) is -4.29. The Kier molecular flexibility index (Phi) is 12.7. The van der Waals surface area contributed by atoms with Crippen molar-refractivity contribution in [2.75, 3.05) is 17.5 Å². The highest BCUT2D eigenvalue weighted by Crippen LogP contribution is 2.33. The molecular weight excluding hydrogens is 657 g/mol. The number of amides is 2. The van der Waals surface area contributed by atoms with Gasteiger partial charge in [-0.15, -0.1) is 0 Å². The highest BCUT2D eigenvalue weighted by molar-refractivity contribution is 7.92.